The van der Waals surface area contributed by atoms with Gasteiger partial charge in [0.15, 0.2) is 0 Å². The molecule has 2 rings (SSSR count). The first-order valence-corrected chi connectivity index (χ1v) is 6.77. The lowest BCUT2D eigenvalue weighted by molar-refractivity contribution is -0.00585. The summed E-state index contributed by atoms with van der Waals surface area (Å²) in [4.78, 5) is 0. The number of hydrogen-bond acceptors (Lipinski definition) is 3. The van der Waals surface area contributed by atoms with E-state index in [0.717, 1.165) is 37.7 Å². The number of hydrogen-bond donors (Lipinski definition) is 3. The second-order valence-corrected chi connectivity index (χ2v) is 5.48. The van der Waals surface area contributed by atoms with Crippen LogP contribution in [0.5, 0.6) is 0 Å². The van der Waals surface area contributed by atoms with Crippen molar-refractivity contribution in [3.63, 3.8) is 0 Å². The number of aliphatic hydroxyl groups excluding tert-OH is 2. The molecule has 3 nitrogen and oxygen atoms in total. The van der Waals surface area contributed by atoms with Crippen LogP contribution in [0.4, 0.5) is 0 Å². The van der Waals surface area contributed by atoms with Gasteiger partial charge in [0.1, 0.15) is 0 Å². The summed E-state index contributed by atoms with van der Waals surface area (Å²) in [6.45, 7) is 0.612. The maximum Gasteiger partial charge on any atom is 0.0681 e. The average molecular weight is 249 g/mol. The fourth-order valence-electron chi connectivity index (χ4n) is 2.97. The molecule has 1 aromatic carbocycles. The summed E-state index contributed by atoms with van der Waals surface area (Å²) in [5.41, 5.74) is 7.89. The van der Waals surface area contributed by atoms with E-state index in [1.807, 2.05) is 24.3 Å². The highest BCUT2D eigenvalue weighted by Gasteiger charge is 2.38. The Hall–Kier alpha value is -0.900. The molecule has 0 radical (unpaired) electrons. The van der Waals surface area contributed by atoms with Crippen molar-refractivity contribution in [2.24, 2.45) is 11.1 Å². The van der Waals surface area contributed by atoms with Crippen LogP contribution in [0.3, 0.4) is 0 Å². The minimum atomic E-state index is -0.284. The second kappa shape index (κ2) is 5.83. The summed E-state index contributed by atoms with van der Waals surface area (Å²) in [7, 11) is 0. The van der Waals surface area contributed by atoms with Gasteiger partial charge in [0.2, 0.25) is 0 Å². The van der Waals surface area contributed by atoms with Gasteiger partial charge in [-0.25, -0.2) is 0 Å². The van der Waals surface area contributed by atoms with Crippen LogP contribution in [0, 0.1) is 5.41 Å². The normalized spacial score (nSPS) is 28.3. The Balaban J connectivity index is 2.13. The number of benzene rings is 1. The molecule has 18 heavy (non-hydrogen) atoms. The molecule has 2 unspecified atom stereocenters. The van der Waals surface area contributed by atoms with Crippen molar-refractivity contribution < 1.29 is 10.2 Å². The molecule has 100 valence electrons. The Morgan fingerprint density at radius 1 is 1.17 bits per heavy atom. The molecule has 1 saturated carbocycles. The molecule has 1 fully saturated rings. The monoisotopic (exact) mass is 249 g/mol. The Morgan fingerprint density at radius 2 is 1.83 bits per heavy atom. The molecule has 0 heterocycles. The van der Waals surface area contributed by atoms with E-state index in [1.54, 1.807) is 0 Å². The van der Waals surface area contributed by atoms with E-state index < -0.39 is 0 Å². The third kappa shape index (κ3) is 2.74. The SMILES string of the molecule is NCC1(Cc2ccc(CO)cc2)CCCCC1O. The van der Waals surface area contributed by atoms with Crippen molar-refractivity contribution >= 4 is 0 Å². The predicted octanol–water partition coefficient (Wildman–Crippen LogP) is 1.60. The van der Waals surface area contributed by atoms with E-state index in [2.05, 4.69) is 0 Å². The van der Waals surface area contributed by atoms with Gasteiger partial charge in [-0.15, -0.1) is 0 Å². The van der Waals surface area contributed by atoms with Crippen LogP contribution in [0.2, 0.25) is 0 Å². The zero-order valence-electron chi connectivity index (χ0n) is 10.8. The molecular weight excluding hydrogens is 226 g/mol. The van der Waals surface area contributed by atoms with Gasteiger partial charge in [-0.3, -0.25) is 0 Å². The molecule has 0 saturated heterocycles. The number of nitrogens with two attached hydrogens (primary N) is 1. The molecule has 0 amide bonds. The Kier molecular flexibility index (Phi) is 4.38. The first-order valence-electron chi connectivity index (χ1n) is 6.77. The first-order chi connectivity index (χ1) is 8.70. The molecule has 4 N–H and O–H groups in total. The quantitative estimate of drug-likeness (QED) is 0.759. The number of aliphatic hydroxyl groups is 2. The highest BCUT2D eigenvalue weighted by atomic mass is 16.3. The smallest absolute Gasteiger partial charge is 0.0681 e. The Morgan fingerprint density at radius 3 is 2.39 bits per heavy atom. The van der Waals surface area contributed by atoms with Gasteiger partial charge in [-0.05, 0) is 30.4 Å². The molecule has 0 bridgehead atoms. The fraction of sp³-hybridized carbons (Fsp3) is 0.600. The molecule has 0 aliphatic heterocycles. The van der Waals surface area contributed by atoms with E-state index >= 15 is 0 Å². The first kappa shape index (κ1) is 13.5. The lowest BCUT2D eigenvalue weighted by Gasteiger charge is -2.41. The van der Waals surface area contributed by atoms with E-state index in [4.69, 9.17) is 10.8 Å². The van der Waals surface area contributed by atoms with Crippen molar-refractivity contribution in [2.45, 2.75) is 44.8 Å². The summed E-state index contributed by atoms with van der Waals surface area (Å²) in [5, 5.41) is 19.3. The molecule has 1 aromatic rings. The van der Waals surface area contributed by atoms with Crippen molar-refractivity contribution in [3.05, 3.63) is 35.4 Å². The Bertz CT molecular complexity index is 377. The van der Waals surface area contributed by atoms with Crippen LogP contribution in [-0.2, 0) is 13.0 Å². The molecular formula is C15H23NO2. The van der Waals surface area contributed by atoms with Gasteiger partial charge in [0, 0.05) is 12.0 Å². The van der Waals surface area contributed by atoms with E-state index in [0.29, 0.717) is 6.54 Å². The predicted molar refractivity (Wildman–Crippen MR) is 72.0 cm³/mol. The standard InChI is InChI=1S/C15H23NO2/c16-11-15(8-2-1-3-14(15)18)9-12-4-6-13(10-17)7-5-12/h4-7,14,17-18H,1-3,8-11,16H2. The van der Waals surface area contributed by atoms with Crippen LogP contribution in [0.25, 0.3) is 0 Å². The highest BCUT2D eigenvalue weighted by molar-refractivity contribution is 5.23. The lowest BCUT2D eigenvalue weighted by Crippen LogP contribution is -2.45. The topological polar surface area (TPSA) is 66.5 Å². The van der Waals surface area contributed by atoms with E-state index in [9.17, 15) is 5.11 Å². The molecule has 1 aliphatic carbocycles. The van der Waals surface area contributed by atoms with E-state index in [-0.39, 0.29) is 18.1 Å². The van der Waals surface area contributed by atoms with Crippen LogP contribution in [-0.4, -0.2) is 22.9 Å². The molecule has 2 atom stereocenters. The average Bonchev–Trinajstić information content (AvgIpc) is 2.42. The molecule has 1 aliphatic rings. The Labute approximate surface area is 109 Å². The second-order valence-electron chi connectivity index (χ2n) is 5.48. The maximum atomic E-state index is 10.3. The zero-order chi connectivity index (χ0) is 13.0. The van der Waals surface area contributed by atoms with Crippen molar-refractivity contribution in [1.29, 1.82) is 0 Å². The molecule has 0 aromatic heterocycles. The summed E-state index contributed by atoms with van der Waals surface area (Å²) in [6.07, 6.45) is 4.68. The summed E-state index contributed by atoms with van der Waals surface area (Å²) >= 11 is 0. The highest BCUT2D eigenvalue weighted by Crippen LogP contribution is 2.38. The van der Waals surface area contributed by atoms with E-state index in [1.165, 1.54) is 5.56 Å². The van der Waals surface area contributed by atoms with Crippen LogP contribution in [0.1, 0.15) is 36.8 Å². The van der Waals surface area contributed by atoms with Crippen molar-refractivity contribution in [2.75, 3.05) is 6.54 Å². The number of rotatable bonds is 4. The minimum Gasteiger partial charge on any atom is -0.392 e. The molecule has 0 spiro atoms. The van der Waals surface area contributed by atoms with Gasteiger partial charge in [-0.1, -0.05) is 37.1 Å². The lowest BCUT2D eigenvalue weighted by atomic mass is 9.68. The van der Waals surface area contributed by atoms with Gasteiger partial charge >= 0.3 is 0 Å². The van der Waals surface area contributed by atoms with Gasteiger partial charge in [0.05, 0.1) is 12.7 Å². The van der Waals surface area contributed by atoms with Gasteiger partial charge < -0.3 is 15.9 Å². The maximum absolute atomic E-state index is 10.3. The summed E-state index contributed by atoms with van der Waals surface area (Å²) < 4.78 is 0. The third-order valence-corrected chi connectivity index (χ3v) is 4.28. The van der Waals surface area contributed by atoms with Gasteiger partial charge in [-0.2, -0.15) is 0 Å². The third-order valence-electron chi connectivity index (χ3n) is 4.28. The van der Waals surface area contributed by atoms with Gasteiger partial charge in [0.25, 0.3) is 0 Å². The minimum absolute atomic E-state index is 0.0743. The van der Waals surface area contributed by atoms with Crippen LogP contribution >= 0.6 is 0 Å². The zero-order valence-corrected chi connectivity index (χ0v) is 10.8. The molecule has 3 heteroatoms. The summed E-state index contributed by atoms with van der Waals surface area (Å²) in [6, 6.07) is 7.94. The van der Waals surface area contributed by atoms with Crippen molar-refractivity contribution in [3.8, 4) is 0 Å². The van der Waals surface area contributed by atoms with Crippen LogP contribution in [0.15, 0.2) is 24.3 Å². The fourth-order valence-corrected chi connectivity index (χ4v) is 2.97. The van der Waals surface area contributed by atoms with Crippen molar-refractivity contribution in [1.82, 2.24) is 0 Å². The largest absolute Gasteiger partial charge is 0.392 e. The van der Waals surface area contributed by atoms with Crippen LogP contribution < -0.4 is 5.73 Å². The summed E-state index contributed by atoms with van der Waals surface area (Å²) in [5.74, 6) is 0.